The van der Waals surface area contributed by atoms with Gasteiger partial charge in [0.1, 0.15) is 5.82 Å². The number of likely N-dealkylation sites (tertiary alicyclic amines) is 1. The molecule has 1 heterocycles. The van der Waals surface area contributed by atoms with E-state index in [1.807, 2.05) is 4.90 Å². The number of amides is 1. The third-order valence-electron chi connectivity index (χ3n) is 6.02. The fraction of sp³-hybridized carbons (Fsp3) is 0.632. The summed E-state index contributed by atoms with van der Waals surface area (Å²) in [6.45, 7) is 1.71. The van der Waals surface area contributed by atoms with Crippen molar-refractivity contribution in [3.8, 4) is 0 Å². The van der Waals surface area contributed by atoms with E-state index in [-0.39, 0.29) is 11.7 Å². The molecule has 1 aromatic carbocycles. The molecular weight excluding hydrogens is 277 g/mol. The van der Waals surface area contributed by atoms with Crippen molar-refractivity contribution in [3.63, 3.8) is 0 Å². The molecule has 1 aromatic rings. The van der Waals surface area contributed by atoms with E-state index in [4.69, 9.17) is 0 Å². The van der Waals surface area contributed by atoms with Gasteiger partial charge in [-0.25, -0.2) is 4.39 Å². The highest BCUT2D eigenvalue weighted by Crippen LogP contribution is 2.53. The van der Waals surface area contributed by atoms with E-state index in [1.165, 1.54) is 31.7 Å². The van der Waals surface area contributed by atoms with E-state index < -0.39 is 0 Å². The minimum Gasteiger partial charge on any atom is -0.339 e. The predicted molar refractivity (Wildman–Crippen MR) is 84.3 cm³/mol. The molecule has 2 saturated carbocycles. The molecule has 1 aliphatic heterocycles. The second kappa shape index (κ2) is 5.68. The van der Waals surface area contributed by atoms with Crippen molar-refractivity contribution in [1.82, 2.24) is 4.90 Å². The summed E-state index contributed by atoms with van der Waals surface area (Å²) in [7, 11) is 0. The molecule has 3 heteroatoms. The predicted octanol–water partition coefficient (Wildman–Crippen LogP) is 4.36. The minimum absolute atomic E-state index is 0.123. The third kappa shape index (κ3) is 2.45. The van der Waals surface area contributed by atoms with Crippen LogP contribution >= 0.6 is 0 Å². The first kappa shape index (κ1) is 14.2. The summed E-state index contributed by atoms with van der Waals surface area (Å²) in [4.78, 5) is 14.9. The third-order valence-corrected chi connectivity index (χ3v) is 6.02. The number of halogens is 1. The van der Waals surface area contributed by atoms with Crippen LogP contribution in [-0.4, -0.2) is 23.9 Å². The van der Waals surface area contributed by atoms with Crippen molar-refractivity contribution in [3.05, 3.63) is 35.1 Å². The largest absolute Gasteiger partial charge is 0.339 e. The highest BCUT2D eigenvalue weighted by molar-refractivity contribution is 5.96. The number of hydrogen-bond donors (Lipinski definition) is 0. The number of nitrogens with zero attached hydrogens (tertiary/aromatic N) is 1. The van der Waals surface area contributed by atoms with Crippen LogP contribution in [0.5, 0.6) is 0 Å². The highest BCUT2D eigenvalue weighted by Gasteiger charge is 2.41. The van der Waals surface area contributed by atoms with Crippen molar-refractivity contribution >= 4 is 5.91 Å². The Kier molecular flexibility index (Phi) is 3.67. The summed E-state index contributed by atoms with van der Waals surface area (Å²) in [6.07, 6.45) is 8.40. The minimum atomic E-state index is -0.201. The Balaban J connectivity index is 1.65. The van der Waals surface area contributed by atoms with Crippen molar-refractivity contribution in [2.75, 3.05) is 13.1 Å². The van der Waals surface area contributed by atoms with Crippen LogP contribution in [0.2, 0.25) is 0 Å². The fourth-order valence-electron chi connectivity index (χ4n) is 4.93. The second-order valence-corrected chi connectivity index (χ2v) is 7.37. The lowest BCUT2D eigenvalue weighted by Gasteiger charge is -2.30. The molecule has 3 fully saturated rings. The Morgan fingerprint density at radius 2 is 1.91 bits per heavy atom. The quantitative estimate of drug-likeness (QED) is 0.795. The van der Waals surface area contributed by atoms with Crippen molar-refractivity contribution in [2.45, 2.75) is 50.9 Å². The average molecular weight is 301 g/mol. The Morgan fingerprint density at radius 3 is 2.59 bits per heavy atom. The number of rotatable bonds is 2. The van der Waals surface area contributed by atoms with E-state index in [1.54, 1.807) is 12.1 Å². The summed E-state index contributed by atoms with van der Waals surface area (Å²) in [6, 6.07) is 4.82. The Labute approximate surface area is 131 Å². The molecule has 3 atom stereocenters. The zero-order valence-corrected chi connectivity index (χ0v) is 13.1. The van der Waals surface area contributed by atoms with Gasteiger partial charge in [-0.05, 0) is 80.0 Å². The lowest BCUT2D eigenvalue weighted by atomic mass is 9.81. The van der Waals surface area contributed by atoms with Crippen LogP contribution in [0.25, 0.3) is 0 Å². The first-order valence-electron chi connectivity index (χ1n) is 8.81. The molecule has 0 aromatic heterocycles. The molecule has 2 aliphatic carbocycles. The number of carbonyl (C=O) groups excluding carboxylic acids is 1. The lowest BCUT2D eigenvalue weighted by Crippen LogP contribution is -2.36. The summed E-state index contributed by atoms with van der Waals surface area (Å²) in [5, 5.41) is 0. The number of benzene rings is 1. The molecule has 4 rings (SSSR count). The van der Waals surface area contributed by atoms with E-state index in [2.05, 4.69) is 0 Å². The number of fused-ring (bicyclic) bond motifs is 2. The lowest BCUT2D eigenvalue weighted by molar-refractivity contribution is 0.0722. The number of piperidine rings is 1. The second-order valence-electron chi connectivity index (χ2n) is 7.37. The van der Waals surface area contributed by atoms with Crippen LogP contribution in [0.4, 0.5) is 4.39 Å². The molecule has 0 radical (unpaired) electrons. The van der Waals surface area contributed by atoms with E-state index in [0.29, 0.717) is 11.8 Å². The van der Waals surface area contributed by atoms with Crippen molar-refractivity contribution in [1.29, 1.82) is 0 Å². The van der Waals surface area contributed by atoms with E-state index >= 15 is 0 Å². The van der Waals surface area contributed by atoms with Gasteiger partial charge in [0.2, 0.25) is 0 Å². The molecule has 118 valence electrons. The van der Waals surface area contributed by atoms with E-state index in [9.17, 15) is 9.18 Å². The SMILES string of the molecule is O=C(c1ccc(F)cc1C1CC2CCC1C2)N1CCCCC1. The molecule has 1 saturated heterocycles. The van der Waals surface area contributed by atoms with Gasteiger partial charge in [-0.1, -0.05) is 6.42 Å². The van der Waals surface area contributed by atoms with Gasteiger partial charge in [-0.2, -0.15) is 0 Å². The number of hydrogen-bond acceptors (Lipinski definition) is 1. The first-order chi connectivity index (χ1) is 10.7. The van der Waals surface area contributed by atoms with Gasteiger partial charge in [0.05, 0.1) is 0 Å². The molecule has 1 amide bonds. The number of carbonyl (C=O) groups is 1. The van der Waals surface area contributed by atoms with Crippen LogP contribution in [0.1, 0.15) is 66.8 Å². The smallest absolute Gasteiger partial charge is 0.254 e. The Bertz CT molecular complexity index is 579. The van der Waals surface area contributed by atoms with Gasteiger partial charge in [0.15, 0.2) is 0 Å². The maximum Gasteiger partial charge on any atom is 0.254 e. The fourth-order valence-corrected chi connectivity index (χ4v) is 4.93. The summed E-state index contributed by atoms with van der Waals surface area (Å²) >= 11 is 0. The monoisotopic (exact) mass is 301 g/mol. The molecule has 22 heavy (non-hydrogen) atoms. The van der Waals surface area contributed by atoms with Crippen LogP contribution in [0.3, 0.4) is 0 Å². The van der Waals surface area contributed by atoms with Crippen LogP contribution in [0, 0.1) is 17.7 Å². The molecule has 0 spiro atoms. The normalized spacial score (nSPS) is 30.8. The summed E-state index contributed by atoms with van der Waals surface area (Å²) < 4.78 is 13.8. The topological polar surface area (TPSA) is 20.3 Å². The molecule has 2 bridgehead atoms. The molecule has 2 nitrogen and oxygen atoms in total. The molecule has 0 N–H and O–H groups in total. The maximum atomic E-state index is 13.8. The first-order valence-corrected chi connectivity index (χ1v) is 8.81. The van der Waals surface area contributed by atoms with Gasteiger partial charge >= 0.3 is 0 Å². The van der Waals surface area contributed by atoms with Crippen LogP contribution < -0.4 is 0 Å². The summed E-state index contributed by atoms with van der Waals surface area (Å²) in [5.74, 6) is 1.79. The molecular formula is C19H24FNO. The standard InChI is InChI=1S/C19H24FNO/c20-15-6-7-16(19(22)21-8-2-1-3-9-21)18(12-15)17-11-13-4-5-14(17)10-13/h6-7,12-14,17H,1-5,8-11H2. The van der Waals surface area contributed by atoms with Gasteiger partial charge in [-0.15, -0.1) is 0 Å². The summed E-state index contributed by atoms with van der Waals surface area (Å²) in [5.41, 5.74) is 1.75. The van der Waals surface area contributed by atoms with Gasteiger partial charge < -0.3 is 4.90 Å². The van der Waals surface area contributed by atoms with Crippen LogP contribution in [-0.2, 0) is 0 Å². The van der Waals surface area contributed by atoms with Gasteiger partial charge in [0.25, 0.3) is 5.91 Å². The van der Waals surface area contributed by atoms with Crippen LogP contribution in [0.15, 0.2) is 18.2 Å². The zero-order valence-electron chi connectivity index (χ0n) is 13.1. The van der Waals surface area contributed by atoms with Crippen molar-refractivity contribution in [2.24, 2.45) is 11.8 Å². The molecule has 3 aliphatic rings. The Hall–Kier alpha value is -1.38. The zero-order chi connectivity index (χ0) is 15.1. The van der Waals surface area contributed by atoms with E-state index in [0.717, 1.165) is 49.4 Å². The Morgan fingerprint density at radius 1 is 1.09 bits per heavy atom. The van der Waals surface area contributed by atoms with Gasteiger partial charge in [0, 0.05) is 18.7 Å². The van der Waals surface area contributed by atoms with Crippen molar-refractivity contribution < 1.29 is 9.18 Å². The average Bonchev–Trinajstić information content (AvgIpc) is 3.18. The van der Waals surface area contributed by atoms with Gasteiger partial charge in [-0.3, -0.25) is 4.79 Å². The molecule has 3 unspecified atom stereocenters. The highest BCUT2D eigenvalue weighted by atomic mass is 19.1. The maximum absolute atomic E-state index is 13.8.